The molecule has 6 nitrogen and oxygen atoms in total. The minimum atomic E-state index is -4.54. The van der Waals surface area contributed by atoms with Crippen LogP contribution >= 0.6 is 11.8 Å². The highest BCUT2D eigenvalue weighted by Gasteiger charge is 2.33. The second kappa shape index (κ2) is 7.97. The second-order valence-corrected chi connectivity index (χ2v) is 6.77. The van der Waals surface area contributed by atoms with Crippen LogP contribution in [0.25, 0.3) is 11.4 Å². The number of aromatic nitrogens is 4. The predicted octanol–water partition coefficient (Wildman–Crippen LogP) is 3.36. The molecule has 2 aromatic heterocycles. The van der Waals surface area contributed by atoms with Crippen LogP contribution in [0.3, 0.4) is 0 Å². The fraction of sp³-hybridized carbons (Fsp3) is 0.176. The average Bonchev–Trinajstić information content (AvgIpc) is 3.01. The molecule has 0 saturated heterocycles. The number of primary amides is 1. The Morgan fingerprint density at radius 3 is 2.32 bits per heavy atom. The van der Waals surface area contributed by atoms with Crippen molar-refractivity contribution in [1.82, 2.24) is 19.7 Å². The van der Waals surface area contributed by atoms with Crippen LogP contribution in [-0.4, -0.2) is 31.8 Å². The molecule has 0 saturated carbocycles. The van der Waals surface area contributed by atoms with Crippen molar-refractivity contribution in [3.63, 3.8) is 0 Å². The maximum atomic E-state index is 13.1. The van der Waals surface area contributed by atoms with Gasteiger partial charge in [0.05, 0.1) is 0 Å². The SMILES string of the molecule is NC(=O)C(Sc1nnc(-c2ccncc2)n1CC(F)(F)F)c1ccc(F)cc1. The summed E-state index contributed by atoms with van der Waals surface area (Å²) in [5.74, 6) is -1.34. The molecule has 11 heteroatoms. The van der Waals surface area contributed by atoms with Gasteiger partial charge in [-0.1, -0.05) is 23.9 Å². The van der Waals surface area contributed by atoms with E-state index >= 15 is 0 Å². The largest absolute Gasteiger partial charge is 0.406 e. The number of carbonyl (C=O) groups is 1. The summed E-state index contributed by atoms with van der Waals surface area (Å²) < 4.78 is 53.4. The molecule has 1 aromatic carbocycles. The molecule has 0 aliphatic rings. The monoisotopic (exact) mass is 411 g/mol. The van der Waals surface area contributed by atoms with Gasteiger partial charge in [0.2, 0.25) is 5.91 Å². The lowest BCUT2D eigenvalue weighted by atomic mass is 10.1. The summed E-state index contributed by atoms with van der Waals surface area (Å²) in [5, 5.41) is 6.45. The number of nitrogens with zero attached hydrogens (tertiary/aromatic N) is 4. The van der Waals surface area contributed by atoms with Gasteiger partial charge in [0, 0.05) is 18.0 Å². The fourth-order valence-electron chi connectivity index (χ4n) is 2.45. The Bertz CT molecular complexity index is 960. The zero-order chi connectivity index (χ0) is 20.3. The zero-order valence-corrected chi connectivity index (χ0v) is 14.9. The van der Waals surface area contributed by atoms with Crippen LogP contribution in [0.5, 0.6) is 0 Å². The van der Waals surface area contributed by atoms with E-state index < -0.39 is 29.7 Å². The van der Waals surface area contributed by atoms with Gasteiger partial charge in [-0.25, -0.2) is 4.39 Å². The van der Waals surface area contributed by atoms with Gasteiger partial charge in [-0.15, -0.1) is 10.2 Å². The Morgan fingerprint density at radius 2 is 1.75 bits per heavy atom. The van der Waals surface area contributed by atoms with Crippen molar-refractivity contribution in [3.8, 4) is 11.4 Å². The van der Waals surface area contributed by atoms with Gasteiger partial charge in [0.1, 0.15) is 17.6 Å². The molecule has 0 spiro atoms. The molecule has 0 fully saturated rings. The third kappa shape index (κ3) is 4.66. The summed E-state index contributed by atoms with van der Waals surface area (Å²) in [6.07, 6.45) is -1.71. The number of amides is 1. The Kier molecular flexibility index (Phi) is 5.63. The number of rotatable bonds is 6. The number of halogens is 4. The maximum Gasteiger partial charge on any atom is 0.406 e. The standard InChI is InChI=1S/C17H13F4N5OS/c18-12-3-1-10(2-4-12)13(14(22)27)28-16-25-24-15(11-5-7-23-8-6-11)26(16)9-17(19,20)21/h1-8,13H,9H2,(H2,22,27). The first kappa shape index (κ1) is 19.8. The fourth-order valence-corrected chi connectivity index (χ4v) is 3.43. The highest BCUT2D eigenvalue weighted by atomic mass is 32.2. The smallest absolute Gasteiger partial charge is 0.368 e. The van der Waals surface area contributed by atoms with Gasteiger partial charge in [-0.3, -0.25) is 14.3 Å². The highest BCUT2D eigenvalue weighted by molar-refractivity contribution is 8.00. The molecular formula is C17H13F4N5OS. The molecule has 2 N–H and O–H groups in total. The van der Waals surface area contributed by atoms with E-state index in [0.717, 1.165) is 16.7 Å². The number of hydrogen-bond acceptors (Lipinski definition) is 5. The number of alkyl halides is 3. The van der Waals surface area contributed by atoms with Crippen LogP contribution in [-0.2, 0) is 11.3 Å². The summed E-state index contributed by atoms with van der Waals surface area (Å²) >= 11 is 0.715. The van der Waals surface area contributed by atoms with Crippen molar-refractivity contribution >= 4 is 17.7 Å². The minimum Gasteiger partial charge on any atom is -0.368 e. The number of nitrogens with two attached hydrogens (primary N) is 1. The van der Waals surface area contributed by atoms with Crippen molar-refractivity contribution in [3.05, 3.63) is 60.2 Å². The molecule has 3 aromatic rings. The minimum absolute atomic E-state index is 0.0236. The first-order valence-electron chi connectivity index (χ1n) is 7.86. The van der Waals surface area contributed by atoms with Gasteiger partial charge in [0.15, 0.2) is 11.0 Å². The third-order valence-electron chi connectivity index (χ3n) is 3.65. The number of thioether (sulfide) groups is 1. The molecule has 0 aliphatic carbocycles. The van der Waals surface area contributed by atoms with Crippen LogP contribution in [0.2, 0.25) is 0 Å². The lowest BCUT2D eigenvalue weighted by molar-refractivity contribution is -0.141. The van der Waals surface area contributed by atoms with E-state index in [1.807, 2.05) is 0 Å². The Balaban J connectivity index is 2.01. The van der Waals surface area contributed by atoms with E-state index in [0.29, 0.717) is 22.9 Å². The third-order valence-corrected chi connectivity index (χ3v) is 4.90. The molecule has 0 radical (unpaired) electrons. The van der Waals surface area contributed by atoms with Crippen molar-refractivity contribution < 1.29 is 22.4 Å². The lowest BCUT2D eigenvalue weighted by Crippen LogP contribution is -2.22. The Hall–Kier alpha value is -2.95. The van der Waals surface area contributed by atoms with Crippen LogP contribution in [0.4, 0.5) is 17.6 Å². The van der Waals surface area contributed by atoms with Crippen molar-refractivity contribution in [2.45, 2.75) is 23.1 Å². The quantitative estimate of drug-likeness (QED) is 0.497. The van der Waals surface area contributed by atoms with Crippen molar-refractivity contribution in [2.75, 3.05) is 0 Å². The molecule has 146 valence electrons. The molecule has 1 unspecified atom stereocenters. The van der Waals surface area contributed by atoms with Gasteiger partial charge >= 0.3 is 6.18 Å². The Labute approximate surface area is 160 Å². The second-order valence-electron chi connectivity index (χ2n) is 5.70. The van der Waals surface area contributed by atoms with Gasteiger partial charge in [0.25, 0.3) is 0 Å². The molecule has 1 atom stereocenters. The zero-order valence-electron chi connectivity index (χ0n) is 14.1. The van der Waals surface area contributed by atoms with Crippen LogP contribution < -0.4 is 5.73 Å². The number of benzene rings is 1. The highest BCUT2D eigenvalue weighted by Crippen LogP contribution is 2.37. The first-order valence-corrected chi connectivity index (χ1v) is 8.74. The maximum absolute atomic E-state index is 13.1. The topological polar surface area (TPSA) is 86.7 Å². The van der Waals surface area contributed by atoms with E-state index in [1.165, 1.54) is 36.7 Å². The Morgan fingerprint density at radius 1 is 1.11 bits per heavy atom. The predicted molar refractivity (Wildman–Crippen MR) is 93.5 cm³/mol. The van der Waals surface area contributed by atoms with E-state index in [9.17, 15) is 22.4 Å². The molecule has 0 aliphatic heterocycles. The van der Waals surface area contributed by atoms with E-state index in [-0.39, 0.29) is 11.0 Å². The normalized spacial score (nSPS) is 12.7. The summed E-state index contributed by atoms with van der Waals surface area (Å²) in [4.78, 5) is 15.7. The molecule has 0 bridgehead atoms. The van der Waals surface area contributed by atoms with Crippen LogP contribution in [0.15, 0.2) is 53.9 Å². The van der Waals surface area contributed by atoms with Crippen LogP contribution in [0, 0.1) is 5.82 Å². The number of hydrogen-bond donors (Lipinski definition) is 1. The summed E-state index contributed by atoms with van der Waals surface area (Å²) in [5.41, 5.74) is 6.13. The number of carbonyl (C=O) groups excluding carboxylic acids is 1. The van der Waals surface area contributed by atoms with Gasteiger partial charge in [-0.2, -0.15) is 13.2 Å². The van der Waals surface area contributed by atoms with Gasteiger partial charge < -0.3 is 5.73 Å². The summed E-state index contributed by atoms with van der Waals surface area (Å²) in [6.45, 7) is -1.35. The van der Waals surface area contributed by atoms with E-state index in [4.69, 9.17) is 5.73 Å². The van der Waals surface area contributed by atoms with Gasteiger partial charge in [-0.05, 0) is 29.8 Å². The van der Waals surface area contributed by atoms with Crippen molar-refractivity contribution in [1.29, 1.82) is 0 Å². The van der Waals surface area contributed by atoms with Crippen LogP contribution in [0.1, 0.15) is 10.8 Å². The van der Waals surface area contributed by atoms with E-state index in [1.54, 1.807) is 0 Å². The molecule has 3 rings (SSSR count). The summed E-state index contributed by atoms with van der Waals surface area (Å²) in [6, 6.07) is 7.94. The number of pyridine rings is 1. The molecule has 1 amide bonds. The lowest BCUT2D eigenvalue weighted by Gasteiger charge is -2.16. The molecule has 2 heterocycles. The van der Waals surface area contributed by atoms with Crippen molar-refractivity contribution in [2.24, 2.45) is 5.73 Å². The average molecular weight is 411 g/mol. The van der Waals surface area contributed by atoms with E-state index in [2.05, 4.69) is 15.2 Å². The molecule has 28 heavy (non-hydrogen) atoms. The summed E-state index contributed by atoms with van der Waals surface area (Å²) in [7, 11) is 0. The first-order chi connectivity index (χ1) is 13.2. The molecular weight excluding hydrogens is 398 g/mol.